The van der Waals surface area contributed by atoms with Crippen molar-refractivity contribution < 1.29 is 4.74 Å². The van der Waals surface area contributed by atoms with E-state index in [0.717, 1.165) is 37.9 Å². The lowest BCUT2D eigenvalue weighted by Crippen LogP contribution is -2.10. The van der Waals surface area contributed by atoms with Crippen LogP contribution in [0.4, 0.5) is 0 Å². The van der Waals surface area contributed by atoms with Crippen LogP contribution in [0, 0.1) is 11.8 Å². The summed E-state index contributed by atoms with van der Waals surface area (Å²) in [5.41, 5.74) is 9.35. The standard InChI is InChI=1S/C44H66O/c1-3-5-7-9-11-37-13-17-39(18-14-37)21-23-41-25-29-43(30-26-41)33-35-45-36-34-44-31-27-42(28-32-44)24-22-40-19-15-38(16-20-40)12-10-8-6-4-2/h13-20,29,31,41-42H,3-12,21-28,30,32-36H2,1-2H3. The van der Waals surface area contributed by atoms with E-state index < -0.39 is 0 Å². The summed E-state index contributed by atoms with van der Waals surface area (Å²) in [5, 5.41) is 0. The van der Waals surface area contributed by atoms with Crippen molar-refractivity contribution in [2.45, 2.75) is 155 Å². The molecule has 2 atom stereocenters. The first-order valence-electron chi connectivity index (χ1n) is 19.3. The first kappa shape index (κ1) is 35.7. The van der Waals surface area contributed by atoms with E-state index in [1.165, 1.54) is 151 Å². The number of allylic oxidation sites excluding steroid dienone is 2. The highest BCUT2D eigenvalue weighted by atomic mass is 16.5. The van der Waals surface area contributed by atoms with Crippen LogP contribution in [0.2, 0.25) is 0 Å². The summed E-state index contributed by atoms with van der Waals surface area (Å²) in [6.45, 7) is 6.37. The van der Waals surface area contributed by atoms with Gasteiger partial charge in [-0.2, -0.15) is 0 Å². The molecule has 0 aliphatic heterocycles. The summed E-state index contributed by atoms with van der Waals surface area (Å²) in [6.07, 6.45) is 33.6. The van der Waals surface area contributed by atoms with Crippen LogP contribution in [0.3, 0.4) is 0 Å². The Morgan fingerprint density at radius 3 is 1.24 bits per heavy atom. The van der Waals surface area contributed by atoms with Gasteiger partial charge < -0.3 is 4.74 Å². The maximum absolute atomic E-state index is 6.11. The zero-order valence-electron chi connectivity index (χ0n) is 29.3. The van der Waals surface area contributed by atoms with Gasteiger partial charge in [-0.3, -0.25) is 0 Å². The molecule has 45 heavy (non-hydrogen) atoms. The Bertz CT molecular complexity index is 1020. The van der Waals surface area contributed by atoms with Crippen molar-refractivity contribution in [1.29, 1.82) is 0 Å². The van der Waals surface area contributed by atoms with Gasteiger partial charge in [-0.15, -0.1) is 0 Å². The molecule has 0 bridgehead atoms. The molecular formula is C44H66O. The summed E-state index contributed by atoms with van der Waals surface area (Å²) in [7, 11) is 0. The van der Waals surface area contributed by atoms with E-state index in [0.29, 0.717) is 0 Å². The van der Waals surface area contributed by atoms with E-state index in [9.17, 15) is 0 Å². The maximum atomic E-state index is 6.11. The normalized spacial score (nSPS) is 18.5. The predicted octanol–water partition coefficient (Wildman–Crippen LogP) is 12.7. The van der Waals surface area contributed by atoms with Crippen molar-refractivity contribution in [3.63, 3.8) is 0 Å². The van der Waals surface area contributed by atoms with E-state index >= 15 is 0 Å². The second kappa shape index (κ2) is 21.6. The summed E-state index contributed by atoms with van der Waals surface area (Å²) in [5.74, 6) is 1.72. The van der Waals surface area contributed by atoms with Gasteiger partial charge in [0.1, 0.15) is 0 Å². The smallest absolute Gasteiger partial charge is 0.0503 e. The molecular weight excluding hydrogens is 544 g/mol. The van der Waals surface area contributed by atoms with Crippen molar-refractivity contribution in [3.8, 4) is 0 Å². The van der Waals surface area contributed by atoms with Crippen LogP contribution in [0.1, 0.15) is 152 Å². The fourth-order valence-electron chi connectivity index (χ4n) is 7.37. The SMILES string of the molecule is CCCCCCc1ccc(CCC2CC=C(CCOCCC3=CCC(CCc4ccc(CCCCCC)cc4)CC3)CC2)cc1. The Kier molecular flexibility index (Phi) is 17.2. The van der Waals surface area contributed by atoms with Crippen LogP contribution < -0.4 is 0 Å². The zero-order chi connectivity index (χ0) is 31.4. The average Bonchev–Trinajstić information content (AvgIpc) is 3.09. The Hall–Kier alpha value is -2.12. The molecule has 0 fully saturated rings. The lowest BCUT2D eigenvalue weighted by atomic mass is 9.84. The lowest BCUT2D eigenvalue weighted by Gasteiger charge is -2.23. The third-order valence-corrected chi connectivity index (χ3v) is 10.7. The van der Waals surface area contributed by atoms with E-state index in [1.54, 1.807) is 11.1 Å². The van der Waals surface area contributed by atoms with Crippen molar-refractivity contribution in [2.75, 3.05) is 13.2 Å². The molecule has 2 aliphatic carbocycles. The highest BCUT2D eigenvalue weighted by molar-refractivity contribution is 5.24. The van der Waals surface area contributed by atoms with E-state index in [2.05, 4.69) is 74.5 Å². The quantitative estimate of drug-likeness (QED) is 0.0952. The second-order valence-corrected chi connectivity index (χ2v) is 14.4. The molecule has 1 nitrogen and oxygen atoms in total. The van der Waals surface area contributed by atoms with Gasteiger partial charge in [0.05, 0.1) is 13.2 Å². The third-order valence-electron chi connectivity index (χ3n) is 10.7. The molecule has 0 heterocycles. The third kappa shape index (κ3) is 14.5. The molecule has 0 saturated carbocycles. The van der Waals surface area contributed by atoms with Gasteiger partial charge in [0.25, 0.3) is 0 Å². The van der Waals surface area contributed by atoms with Crippen molar-refractivity contribution in [2.24, 2.45) is 11.8 Å². The molecule has 0 radical (unpaired) electrons. The number of hydrogen-bond acceptors (Lipinski definition) is 1. The van der Waals surface area contributed by atoms with Crippen molar-refractivity contribution >= 4 is 0 Å². The van der Waals surface area contributed by atoms with Crippen molar-refractivity contribution in [1.82, 2.24) is 0 Å². The topological polar surface area (TPSA) is 9.23 Å². The van der Waals surface area contributed by atoms with Crippen LogP contribution >= 0.6 is 0 Å². The fraction of sp³-hybridized carbons (Fsp3) is 0.636. The molecule has 0 aromatic heterocycles. The predicted molar refractivity (Wildman–Crippen MR) is 196 cm³/mol. The highest BCUT2D eigenvalue weighted by Gasteiger charge is 2.16. The van der Waals surface area contributed by atoms with E-state index in [4.69, 9.17) is 4.74 Å². The number of ether oxygens (including phenoxy) is 1. The molecule has 2 unspecified atom stereocenters. The van der Waals surface area contributed by atoms with Crippen LogP contribution in [0.15, 0.2) is 71.8 Å². The Labute approximate surface area is 278 Å². The molecule has 4 rings (SSSR count). The largest absolute Gasteiger partial charge is 0.381 e. The molecule has 248 valence electrons. The number of rotatable bonds is 22. The monoisotopic (exact) mass is 611 g/mol. The van der Waals surface area contributed by atoms with Crippen LogP contribution in [0.5, 0.6) is 0 Å². The second-order valence-electron chi connectivity index (χ2n) is 14.4. The number of aryl methyl sites for hydroxylation is 4. The fourth-order valence-corrected chi connectivity index (χ4v) is 7.37. The number of unbranched alkanes of at least 4 members (excludes halogenated alkanes) is 6. The summed E-state index contributed by atoms with van der Waals surface area (Å²) < 4.78 is 6.11. The lowest BCUT2D eigenvalue weighted by molar-refractivity contribution is 0.138. The van der Waals surface area contributed by atoms with Crippen LogP contribution in [-0.2, 0) is 30.4 Å². The molecule has 2 aliphatic rings. The number of hydrogen-bond donors (Lipinski definition) is 0. The minimum atomic E-state index is 0.858. The molecule has 0 spiro atoms. The minimum Gasteiger partial charge on any atom is -0.381 e. The molecule has 0 saturated heterocycles. The van der Waals surface area contributed by atoms with Crippen LogP contribution in [-0.4, -0.2) is 13.2 Å². The van der Waals surface area contributed by atoms with Gasteiger partial charge in [-0.1, -0.05) is 124 Å². The first-order valence-corrected chi connectivity index (χ1v) is 19.3. The molecule has 1 heteroatoms. The van der Waals surface area contributed by atoms with Gasteiger partial charge in [-0.05, 0) is 137 Å². The molecule has 0 N–H and O–H groups in total. The molecule has 0 amide bonds. The summed E-state index contributed by atoms with van der Waals surface area (Å²) >= 11 is 0. The maximum Gasteiger partial charge on any atom is 0.0503 e. The Morgan fingerprint density at radius 1 is 0.489 bits per heavy atom. The summed E-state index contributed by atoms with van der Waals surface area (Å²) in [4.78, 5) is 0. The van der Waals surface area contributed by atoms with Crippen molar-refractivity contribution in [3.05, 3.63) is 94.1 Å². The number of benzene rings is 2. The van der Waals surface area contributed by atoms with Gasteiger partial charge in [0, 0.05) is 0 Å². The van der Waals surface area contributed by atoms with E-state index in [-0.39, 0.29) is 0 Å². The van der Waals surface area contributed by atoms with Gasteiger partial charge in [0.15, 0.2) is 0 Å². The highest BCUT2D eigenvalue weighted by Crippen LogP contribution is 2.30. The first-order chi connectivity index (χ1) is 22.2. The Balaban J connectivity index is 1.01. The summed E-state index contributed by atoms with van der Waals surface area (Å²) in [6, 6.07) is 19.0. The zero-order valence-corrected chi connectivity index (χ0v) is 29.3. The molecule has 2 aromatic rings. The Morgan fingerprint density at radius 2 is 0.889 bits per heavy atom. The van der Waals surface area contributed by atoms with Gasteiger partial charge >= 0.3 is 0 Å². The average molecular weight is 611 g/mol. The van der Waals surface area contributed by atoms with Gasteiger partial charge in [0.2, 0.25) is 0 Å². The minimum absolute atomic E-state index is 0.858. The van der Waals surface area contributed by atoms with E-state index in [1.807, 2.05) is 0 Å². The van der Waals surface area contributed by atoms with Gasteiger partial charge in [-0.25, -0.2) is 0 Å². The molecule has 2 aromatic carbocycles. The van der Waals surface area contributed by atoms with Crippen LogP contribution in [0.25, 0.3) is 0 Å².